The van der Waals surface area contributed by atoms with E-state index in [0.29, 0.717) is 34.0 Å². The summed E-state index contributed by atoms with van der Waals surface area (Å²) in [6.45, 7) is 0. The van der Waals surface area contributed by atoms with Gasteiger partial charge in [0.2, 0.25) is 5.78 Å². The Morgan fingerprint density at radius 3 is 2.69 bits per heavy atom. The summed E-state index contributed by atoms with van der Waals surface area (Å²) in [5.41, 5.74) is 2.33. The molecule has 0 saturated carbocycles. The molecule has 0 atom stereocenters. The quantitative estimate of drug-likeness (QED) is 0.508. The first-order valence-corrected chi connectivity index (χ1v) is 8.94. The summed E-state index contributed by atoms with van der Waals surface area (Å²) in [6, 6.07) is 14.6. The monoisotopic (exact) mass is 405 g/mol. The second-order valence-electron chi connectivity index (χ2n) is 6.25. The van der Waals surface area contributed by atoms with Crippen LogP contribution in [0.2, 0.25) is 5.02 Å². The molecule has 0 aliphatic rings. The maximum Gasteiger partial charge on any atom is 0.277 e. The van der Waals surface area contributed by atoms with Crippen molar-refractivity contribution in [2.24, 2.45) is 0 Å². The van der Waals surface area contributed by atoms with Crippen LogP contribution in [0.4, 0.5) is 10.1 Å². The molecular formula is C21H13ClFN5O. The Bertz CT molecular complexity index is 1280. The minimum atomic E-state index is -0.562. The van der Waals surface area contributed by atoms with E-state index in [1.54, 1.807) is 54.2 Å². The fourth-order valence-corrected chi connectivity index (χ4v) is 3.14. The van der Waals surface area contributed by atoms with Crippen LogP contribution in [0, 0.1) is 17.1 Å². The van der Waals surface area contributed by atoms with Crippen molar-refractivity contribution in [3.05, 3.63) is 83.0 Å². The highest BCUT2D eigenvalue weighted by Crippen LogP contribution is 2.28. The molecule has 0 unspecified atom stereocenters. The van der Waals surface area contributed by atoms with Gasteiger partial charge in [-0.05, 0) is 36.4 Å². The van der Waals surface area contributed by atoms with E-state index in [-0.39, 0.29) is 10.9 Å². The van der Waals surface area contributed by atoms with Crippen molar-refractivity contribution in [1.29, 1.82) is 5.26 Å². The van der Waals surface area contributed by atoms with E-state index in [0.717, 1.165) is 0 Å². The maximum atomic E-state index is 13.5. The van der Waals surface area contributed by atoms with Crippen LogP contribution in [0.3, 0.4) is 0 Å². The van der Waals surface area contributed by atoms with Gasteiger partial charge in [0.25, 0.3) is 5.91 Å². The molecule has 0 radical (unpaired) electrons. The predicted molar refractivity (Wildman–Crippen MR) is 107 cm³/mol. The second-order valence-corrected chi connectivity index (χ2v) is 6.66. The zero-order valence-electron chi connectivity index (χ0n) is 15.2. The summed E-state index contributed by atoms with van der Waals surface area (Å²) in [5, 5.41) is 8.94. The number of aromatic nitrogens is 3. The molecule has 1 amide bonds. The van der Waals surface area contributed by atoms with Gasteiger partial charge in [-0.3, -0.25) is 9.20 Å². The number of carbonyl (C=O) groups is 1. The van der Waals surface area contributed by atoms with Crippen molar-refractivity contribution in [1.82, 2.24) is 14.4 Å². The van der Waals surface area contributed by atoms with Gasteiger partial charge < -0.3 is 4.90 Å². The Hall–Kier alpha value is -3.76. The molecule has 0 bridgehead atoms. The average Bonchev–Trinajstić information content (AvgIpc) is 3.14. The molecule has 0 aliphatic heterocycles. The highest BCUT2D eigenvalue weighted by molar-refractivity contribution is 6.31. The lowest BCUT2D eigenvalue weighted by atomic mass is 10.1. The molecule has 8 heteroatoms. The van der Waals surface area contributed by atoms with Crippen molar-refractivity contribution in [2.75, 3.05) is 11.9 Å². The lowest BCUT2D eigenvalue weighted by Gasteiger charge is -2.18. The largest absolute Gasteiger partial charge is 0.310 e. The van der Waals surface area contributed by atoms with Crippen LogP contribution in [0.5, 0.6) is 0 Å². The summed E-state index contributed by atoms with van der Waals surface area (Å²) in [7, 11) is 1.57. The fraction of sp³-hybridized carbons (Fsp3) is 0.0476. The van der Waals surface area contributed by atoms with Crippen LogP contribution in [-0.2, 0) is 0 Å². The first-order chi connectivity index (χ1) is 14.0. The molecule has 2 aromatic heterocycles. The van der Waals surface area contributed by atoms with Crippen LogP contribution in [0.1, 0.15) is 16.1 Å². The number of imidazole rings is 1. The number of benzene rings is 2. The van der Waals surface area contributed by atoms with Gasteiger partial charge in [-0.1, -0.05) is 23.7 Å². The van der Waals surface area contributed by atoms with Crippen molar-refractivity contribution in [3.8, 4) is 17.3 Å². The van der Waals surface area contributed by atoms with Gasteiger partial charge in [-0.15, -0.1) is 0 Å². The van der Waals surface area contributed by atoms with Gasteiger partial charge in [-0.25, -0.2) is 14.4 Å². The van der Waals surface area contributed by atoms with Crippen molar-refractivity contribution >= 4 is 29.0 Å². The normalized spacial score (nSPS) is 10.7. The smallest absolute Gasteiger partial charge is 0.277 e. The van der Waals surface area contributed by atoms with Gasteiger partial charge in [0.1, 0.15) is 17.2 Å². The lowest BCUT2D eigenvalue weighted by Crippen LogP contribution is -2.28. The molecule has 142 valence electrons. The Kier molecular flexibility index (Phi) is 4.71. The summed E-state index contributed by atoms with van der Waals surface area (Å²) in [4.78, 5) is 23.5. The molecular weight excluding hydrogens is 393 g/mol. The van der Waals surface area contributed by atoms with Crippen LogP contribution < -0.4 is 4.90 Å². The molecule has 4 rings (SSSR count). The highest BCUT2D eigenvalue weighted by Gasteiger charge is 2.25. The SMILES string of the molecule is CN(C(=O)c1c(-c2ccc(C#N)cc2)nc2ncccn12)c1ccc(F)c(Cl)c1. The van der Waals surface area contributed by atoms with E-state index in [9.17, 15) is 9.18 Å². The predicted octanol–water partition coefficient (Wildman–Crippen LogP) is 4.34. The van der Waals surface area contributed by atoms with E-state index in [1.165, 1.54) is 23.1 Å². The first kappa shape index (κ1) is 18.6. The standard InChI is InChI=1S/C21H13ClFN5O/c1-27(15-7-8-17(23)16(22)11-15)20(29)19-18(14-5-3-13(12-24)4-6-14)26-21-25-9-2-10-28(19)21/h2-11H,1H3. The van der Waals surface area contributed by atoms with Crippen LogP contribution in [0.15, 0.2) is 60.9 Å². The molecule has 2 aromatic carbocycles. The molecule has 0 spiro atoms. The van der Waals surface area contributed by atoms with Crippen molar-refractivity contribution in [2.45, 2.75) is 0 Å². The lowest BCUT2D eigenvalue weighted by molar-refractivity contribution is 0.0988. The van der Waals surface area contributed by atoms with E-state index < -0.39 is 5.82 Å². The molecule has 0 aliphatic carbocycles. The Morgan fingerprint density at radius 2 is 2.00 bits per heavy atom. The van der Waals surface area contributed by atoms with E-state index in [2.05, 4.69) is 16.0 Å². The van der Waals surface area contributed by atoms with Crippen molar-refractivity contribution < 1.29 is 9.18 Å². The minimum absolute atomic E-state index is 0.0747. The molecule has 4 aromatic rings. The topological polar surface area (TPSA) is 74.3 Å². The number of nitrogens with zero attached hydrogens (tertiary/aromatic N) is 5. The molecule has 0 N–H and O–H groups in total. The van der Waals surface area contributed by atoms with Crippen LogP contribution >= 0.6 is 11.6 Å². The number of anilines is 1. The Balaban J connectivity index is 1.86. The van der Waals surface area contributed by atoms with Crippen LogP contribution in [-0.4, -0.2) is 27.3 Å². The zero-order chi connectivity index (χ0) is 20.5. The summed E-state index contributed by atoms with van der Waals surface area (Å²) in [6.07, 6.45) is 3.28. The number of fused-ring (bicyclic) bond motifs is 1. The van der Waals surface area contributed by atoms with Gasteiger partial charge >= 0.3 is 0 Å². The van der Waals surface area contributed by atoms with E-state index in [1.807, 2.05) is 0 Å². The maximum absolute atomic E-state index is 13.5. The first-order valence-electron chi connectivity index (χ1n) is 8.56. The number of nitriles is 1. The number of hydrogen-bond acceptors (Lipinski definition) is 4. The fourth-order valence-electron chi connectivity index (χ4n) is 2.97. The van der Waals surface area contributed by atoms with Gasteiger partial charge in [0, 0.05) is 30.7 Å². The summed E-state index contributed by atoms with van der Waals surface area (Å²) < 4.78 is 15.1. The number of halogens is 2. The third-order valence-electron chi connectivity index (χ3n) is 4.49. The molecule has 0 saturated heterocycles. The summed E-state index contributed by atoms with van der Waals surface area (Å²) >= 11 is 5.87. The molecule has 0 fully saturated rings. The average molecular weight is 406 g/mol. The number of amides is 1. The molecule has 6 nitrogen and oxygen atoms in total. The molecule has 29 heavy (non-hydrogen) atoms. The van der Waals surface area contributed by atoms with E-state index >= 15 is 0 Å². The van der Waals surface area contributed by atoms with E-state index in [4.69, 9.17) is 16.9 Å². The highest BCUT2D eigenvalue weighted by atomic mass is 35.5. The van der Waals surface area contributed by atoms with Gasteiger partial charge in [0.05, 0.1) is 16.7 Å². The summed E-state index contributed by atoms with van der Waals surface area (Å²) in [5.74, 6) is -0.568. The Labute approximate surface area is 170 Å². The van der Waals surface area contributed by atoms with Gasteiger partial charge in [0.15, 0.2) is 0 Å². The number of carbonyl (C=O) groups excluding carboxylic acids is 1. The Morgan fingerprint density at radius 1 is 1.24 bits per heavy atom. The molecule has 2 heterocycles. The van der Waals surface area contributed by atoms with Gasteiger partial charge in [-0.2, -0.15) is 5.26 Å². The third-order valence-corrected chi connectivity index (χ3v) is 4.78. The van der Waals surface area contributed by atoms with Crippen molar-refractivity contribution in [3.63, 3.8) is 0 Å². The second kappa shape index (κ2) is 7.34. The zero-order valence-corrected chi connectivity index (χ0v) is 15.9. The number of hydrogen-bond donors (Lipinski definition) is 0. The van der Waals surface area contributed by atoms with Crippen LogP contribution in [0.25, 0.3) is 17.0 Å². The third kappa shape index (κ3) is 3.30. The minimum Gasteiger partial charge on any atom is -0.310 e. The number of rotatable bonds is 3.